The average Bonchev–Trinajstić information content (AvgIpc) is 2.47. The maximum Gasteiger partial charge on any atom is 0.573 e. The third-order valence-electron chi connectivity index (χ3n) is 3.56. The topological polar surface area (TPSA) is 33.7 Å². The predicted octanol–water partition coefficient (Wildman–Crippen LogP) is 3.10. The van der Waals surface area contributed by atoms with Crippen molar-refractivity contribution in [3.8, 4) is 11.5 Å². The lowest BCUT2D eigenvalue weighted by atomic mass is 10.0. The summed E-state index contributed by atoms with van der Waals surface area (Å²) in [6.07, 6.45) is -9.54. The molecule has 1 aromatic carbocycles. The van der Waals surface area contributed by atoms with Crippen LogP contribution in [0.1, 0.15) is 11.6 Å². The highest BCUT2D eigenvalue weighted by atomic mass is 19.4. The molecule has 136 valence electrons. The summed E-state index contributed by atoms with van der Waals surface area (Å²) in [4.78, 5) is 1.22. The normalized spacial score (nSPS) is 18.3. The Kier molecular flexibility index (Phi) is 5.49. The summed E-state index contributed by atoms with van der Waals surface area (Å²) < 4.78 is 86.0. The first-order chi connectivity index (χ1) is 11.1. The first-order valence-corrected chi connectivity index (χ1v) is 7.07. The van der Waals surface area contributed by atoms with Crippen LogP contribution in [0.5, 0.6) is 11.5 Å². The number of piperazine rings is 1. The summed E-state index contributed by atoms with van der Waals surface area (Å²) in [7, 11) is 1.10. The van der Waals surface area contributed by atoms with Crippen molar-refractivity contribution < 1.29 is 35.8 Å². The van der Waals surface area contributed by atoms with Crippen molar-refractivity contribution in [2.75, 3.05) is 33.3 Å². The van der Waals surface area contributed by atoms with E-state index in [2.05, 4.69) is 10.1 Å². The third kappa shape index (κ3) is 4.67. The van der Waals surface area contributed by atoms with E-state index in [1.54, 1.807) is 0 Å². The van der Waals surface area contributed by atoms with Crippen LogP contribution in [-0.4, -0.2) is 50.7 Å². The molecular formula is C14H16F6N2O2. The van der Waals surface area contributed by atoms with E-state index in [1.165, 1.54) is 4.90 Å². The number of methoxy groups -OCH3 is 1. The molecule has 1 atom stereocenters. The fourth-order valence-electron chi connectivity index (χ4n) is 2.63. The monoisotopic (exact) mass is 358 g/mol. The summed E-state index contributed by atoms with van der Waals surface area (Å²) in [6, 6.07) is 0.658. The van der Waals surface area contributed by atoms with Crippen LogP contribution in [0.2, 0.25) is 0 Å². The van der Waals surface area contributed by atoms with Crippen LogP contribution in [-0.2, 0) is 0 Å². The minimum atomic E-state index is -4.94. The number of hydrogen-bond donors (Lipinski definition) is 1. The van der Waals surface area contributed by atoms with Crippen molar-refractivity contribution in [1.29, 1.82) is 0 Å². The quantitative estimate of drug-likeness (QED) is 0.839. The maximum absolute atomic E-state index is 13.5. The molecule has 24 heavy (non-hydrogen) atoms. The molecule has 0 aliphatic carbocycles. The predicted molar refractivity (Wildman–Crippen MR) is 72.9 cm³/mol. The number of benzene rings is 1. The molecule has 0 radical (unpaired) electrons. The Morgan fingerprint density at radius 1 is 1.08 bits per heavy atom. The molecule has 1 aliphatic heterocycles. The smallest absolute Gasteiger partial charge is 0.496 e. The van der Waals surface area contributed by atoms with E-state index >= 15 is 0 Å². The largest absolute Gasteiger partial charge is 0.573 e. The zero-order chi connectivity index (χ0) is 18.0. The number of alkyl halides is 6. The van der Waals surface area contributed by atoms with Gasteiger partial charge >= 0.3 is 12.5 Å². The Hall–Kier alpha value is -1.68. The Morgan fingerprint density at radius 3 is 2.21 bits per heavy atom. The minimum Gasteiger partial charge on any atom is -0.496 e. The Bertz CT molecular complexity index is 555. The van der Waals surface area contributed by atoms with Gasteiger partial charge in [-0.25, -0.2) is 0 Å². The first kappa shape index (κ1) is 18.7. The van der Waals surface area contributed by atoms with Gasteiger partial charge in [0.1, 0.15) is 17.5 Å². The van der Waals surface area contributed by atoms with Crippen LogP contribution in [0.4, 0.5) is 26.3 Å². The van der Waals surface area contributed by atoms with Crippen LogP contribution in [0.15, 0.2) is 18.2 Å². The molecule has 0 unspecified atom stereocenters. The maximum atomic E-state index is 13.5. The molecule has 0 saturated carbocycles. The van der Waals surface area contributed by atoms with Crippen LogP contribution < -0.4 is 14.8 Å². The number of nitrogens with one attached hydrogen (secondary N) is 1. The first-order valence-electron chi connectivity index (χ1n) is 7.07. The van der Waals surface area contributed by atoms with Gasteiger partial charge in [-0.2, -0.15) is 13.2 Å². The van der Waals surface area contributed by atoms with E-state index in [0.717, 1.165) is 25.3 Å². The zero-order valence-electron chi connectivity index (χ0n) is 12.7. The Balaban J connectivity index is 2.38. The molecule has 0 spiro atoms. The fourth-order valence-corrected chi connectivity index (χ4v) is 2.63. The average molecular weight is 358 g/mol. The van der Waals surface area contributed by atoms with Gasteiger partial charge in [-0.05, 0) is 12.1 Å². The molecule has 0 aromatic heterocycles. The van der Waals surface area contributed by atoms with E-state index in [9.17, 15) is 26.3 Å². The summed E-state index contributed by atoms with van der Waals surface area (Å²) in [5.41, 5.74) is -0.249. The standard InChI is InChI=1S/C14H16F6N2O2/c1-23-11-8-9(24-14(18,19)20)2-3-10(11)12(13(15,16)17)22-6-4-21-5-7-22/h2-3,8,12,21H,4-7H2,1H3/t12-/m0/s1. The second kappa shape index (κ2) is 7.06. The lowest BCUT2D eigenvalue weighted by Gasteiger charge is -2.36. The second-order valence-electron chi connectivity index (χ2n) is 5.18. The van der Waals surface area contributed by atoms with Crippen molar-refractivity contribution >= 4 is 0 Å². The van der Waals surface area contributed by atoms with Crippen molar-refractivity contribution in [2.45, 2.75) is 18.6 Å². The molecule has 1 fully saturated rings. The summed E-state index contributed by atoms with van der Waals surface area (Å²) in [5.74, 6) is -0.943. The molecule has 1 saturated heterocycles. The van der Waals surface area contributed by atoms with Crippen LogP contribution >= 0.6 is 0 Å². The number of halogens is 6. The SMILES string of the molecule is COc1cc(OC(F)(F)F)ccc1[C@H](N1CCNCC1)C(F)(F)F. The lowest BCUT2D eigenvalue weighted by molar-refractivity contribution is -0.274. The van der Waals surface area contributed by atoms with Crippen LogP contribution in [0.25, 0.3) is 0 Å². The van der Waals surface area contributed by atoms with Crippen LogP contribution in [0.3, 0.4) is 0 Å². The Morgan fingerprint density at radius 2 is 1.71 bits per heavy atom. The van der Waals surface area contributed by atoms with E-state index in [0.29, 0.717) is 13.1 Å². The highest BCUT2D eigenvalue weighted by Gasteiger charge is 2.46. The van der Waals surface area contributed by atoms with Crippen molar-refractivity contribution in [3.05, 3.63) is 23.8 Å². The van der Waals surface area contributed by atoms with Crippen molar-refractivity contribution in [2.24, 2.45) is 0 Å². The number of ether oxygens (including phenoxy) is 2. The molecule has 10 heteroatoms. The molecular weight excluding hydrogens is 342 g/mol. The van der Waals surface area contributed by atoms with Gasteiger partial charge < -0.3 is 14.8 Å². The minimum absolute atomic E-state index is 0.161. The molecule has 1 aromatic rings. The van der Waals surface area contributed by atoms with Gasteiger partial charge in [0.25, 0.3) is 0 Å². The number of hydrogen-bond acceptors (Lipinski definition) is 4. The molecule has 1 aliphatic rings. The van der Waals surface area contributed by atoms with Crippen LogP contribution in [0, 0.1) is 0 Å². The summed E-state index contributed by atoms with van der Waals surface area (Å²) in [6.45, 7) is 1.11. The summed E-state index contributed by atoms with van der Waals surface area (Å²) in [5, 5.41) is 2.95. The molecule has 4 nitrogen and oxygen atoms in total. The highest BCUT2D eigenvalue weighted by molar-refractivity contribution is 5.43. The van der Waals surface area contributed by atoms with E-state index < -0.39 is 24.3 Å². The zero-order valence-corrected chi connectivity index (χ0v) is 12.7. The molecule has 1 N–H and O–H groups in total. The van der Waals surface area contributed by atoms with Gasteiger partial charge in [-0.3, -0.25) is 4.90 Å². The van der Waals surface area contributed by atoms with Crippen molar-refractivity contribution in [1.82, 2.24) is 10.2 Å². The molecule has 0 bridgehead atoms. The third-order valence-corrected chi connectivity index (χ3v) is 3.56. The Labute approximate surface area is 134 Å². The van der Waals surface area contributed by atoms with Gasteiger partial charge in [-0.1, -0.05) is 0 Å². The second-order valence-corrected chi connectivity index (χ2v) is 5.18. The number of nitrogens with zero attached hydrogens (tertiary/aromatic N) is 1. The highest BCUT2D eigenvalue weighted by Crippen LogP contribution is 2.43. The van der Waals surface area contributed by atoms with Gasteiger partial charge in [0.15, 0.2) is 0 Å². The van der Waals surface area contributed by atoms with Gasteiger partial charge in [0, 0.05) is 37.8 Å². The van der Waals surface area contributed by atoms with E-state index in [-0.39, 0.29) is 24.4 Å². The lowest BCUT2D eigenvalue weighted by Crippen LogP contribution is -2.49. The fraction of sp³-hybridized carbons (Fsp3) is 0.571. The molecule has 1 heterocycles. The van der Waals surface area contributed by atoms with E-state index in [1.807, 2.05) is 0 Å². The summed E-state index contributed by atoms with van der Waals surface area (Å²) >= 11 is 0. The molecule has 2 rings (SSSR count). The van der Waals surface area contributed by atoms with Gasteiger partial charge in [0.05, 0.1) is 7.11 Å². The number of rotatable bonds is 4. The van der Waals surface area contributed by atoms with E-state index in [4.69, 9.17) is 4.74 Å². The van der Waals surface area contributed by atoms with Crippen molar-refractivity contribution in [3.63, 3.8) is 0 Å². The van der Waals surface area contributed by atoms with Gasteiger partial charge in [-0.15, -0.1) is 13.2 Å². The van der Waals surface area contributed by atoms with Gasteiger partial charge in [0.2, 0.25) is 0 Å². The molecule has 0 amide bonds.